The molecule has 1 saturated heterocycles. The minimum atomic E-state index is -1.24. The van der Waals surface area contributed by atoms with Crippen molar-refractivity contribution in [3.05, 3.63) is 91.9 Å². The van der Waals surface area contributed by atoms with Crippen LogP contribution in [0.3, 0.4) is 0 Å². The van der Waals surface area contributed by atoms with Crippen LogP contribution in [0.25, 0.3) is 0 Å². The van der Waals surface area contributed by atoms with E-state index in [0.29, 0.717) is 24.9 Å². The van der Waals surface area contributed by atoms with Gasteiger partial charge in [-0.3, -0.25) is 14.6 Å². The number of Topliss-reactive ketones (excluding diaryl/α,β-unsaturated/α-hetero) is 1. The second-order valence-electron chi connectivity index (χ2n) is 8.95. The van der Waals surface area contributed by atoms with Crippen LogP contribution in [0.15, 0.2) is 59.5 Å². The minimum absolute atomic E-state index is 0.0181. The number of nitrogens with zero attached hydrogens (tertiary/aromatic N) is 2. The molecule has 4 rings (SSSR count). The summed E-state index contributed by atoms with van der Waals surface area (Å²) in [6.45, 7) is 0.323. The van der Waals surface area contributed by atoms with Crippen molar-refractivity contribution in [1.29, 1.82) is 0 Å². The molecule has 2 heterocycles. The third-order valence-corrected chi connectivity index (χ3v) is 7.03. The quantitative estimate of drug-likeness (QED) is 0.270. The first kappa shape index (κ1) is 28.8. The summed E-state index contributed by atoms with van der Waals surface area (Å²) in [5.41, 5.74) is -0.0853. The second-order valence-corrected chi connectivity index (χ2v) is 9.76. The molecule has 3 N–H and O–H groups in total. The number of urea groups is 1. The third-order valence-electron chi connectivity index (χ3n) is 6.40. The van der Waals surface area contributed by atoms with Crippen LogP contribution in [-0.2, 0) is 16.0 Å². The van der Waals surface area contributed by atoms with Gasteiger partial charge in [-0.1, -0.05) is 59.6 Å². The van der Waals surface area contributed by atoms with Gasteiger partial charge in [-0.05, 0) is 25.0 Å². The molecule has 0 radical (unpaired) electrons. The fourth-order valence-electron chi connectivity index (χ4n) is 4.44. The van der Waals surface area contributed by atoms with Crippen molar-refractivity contribution in [3.8, 4) is 0 Å². The maximum absolute atomic E-state index is 13.3. The number of hydrogen-bond acceptors (Lipinski definition) is 7. The highest BCUT2D eigenvalue weighted by Crippen LogP contribution is 2.26. The number of rotatable bonds is 8. The third kappa shape index (κ3) is 6.49. The van der Waals surface area contributed by atoms with Crippen LogP contribution in [0, 0.1) is 0 Å². The highest BCUT2D eigenvalue weighted by Gasteiger charge is 2.36. The molecule has 3 aromatic rings. The van der Waals surface area contributed by atoms with Gasteiger partial charge in [-0.2, -0.15) is 0 Å². The summed E-state index contributed by atoms with van der Waals surface area (Å²) in [5, 5.41) is 5.34. The van der Waals surface area contributed by atoms with E-state index in [0.717, 1.165) is 7.11 Å². The molecule has 2 unspecified atom stereocenters. The van der Waals surface area contributed by atoms with E-state index in [4.69, 9.17) is 27.9 Å². The van der Waals surface area contributed by atoms with Crippen molar-refractivity contribution in [2.75, 3.05) is 19.0 Å². The lowest BCUT2D eigenvalue weighted by molar-refractivity contribution is -0.142. The Bertz CT molecular complexity index is 1480. The lowest BCUT2D eigenvalue weighted by atomic mass is 10.0. The number of ether oxygens (including phenoxy) is 1. The maximum atomic E-state index is 13.3. The lowest BCUT2D eigenvalue weighted by Crippen LogP contribution is -2.52. The Morgan fingerprint density at radius 1 is 1.10 bits per heavy atom. The van der Waals surface area contributed by atoms with Crippen LogP contribution in [-0.4, -0.2) is 64.3 Å². The number of aromatic nitrogens is 2. The number of H-pyrrole nitrogens is 1. The van der Waals surface area contributed by atoms with E-state index in [1.54, 1.807) is 36.4 Å². The number of hydrogen-bond donors (Lipinski definition) is 3. The van der Waals surface area contributed by atoms with Crippen molar-refractivity contribution in [3.63, 3.8) is 0 Å². The van der Waals surface area contributed by atoms with Gasteiger partial charge in [0.15, 0.2) is 5.78 Å². The molecule has 0 saturated carbocycles. The van der Waals surface area contributed by atoms with E-state index in [9.17, 15) is 24.0 Å². The van der Waals surface area contributed by atoms with E-state index >= 15 is 0 Å². The van der Waals surface area contributed by atoms with Crippen LogP contribution in [0.5, 0.6) is 0 Å². The van der Waals surface area contributed by atoms with Gasteiger partial charge in [0.25, 0.3) is 5.91 Å². The smallest absolute Gasteiger partial charge is 0.346 e. The van der Waals surface area contributed by atoms with Crippen LogP contribution < -0.4 is 16.3 Å². The van der Waals surface area contributed by atoms with E-state index in [-0.39, 0.29) is 39.2 Å². The topological polar surface area (TPSA) is 151 Å². The van der Waals surface area contributed by atoms with Crippen molar-refractivity contribution >= 4 is 52.7 Å². The highest BCUT2D eigenvalue weighted by atomic mass is 35.5. The number of halogens is 2. The largest absolute Gasteiger partial charge is 0.467 e. The zero-order valence-electron chi connectivity index (χ0n) is 21.3. The van der Waals surface area contributed by atoms with Crippen LogP contribution in [0.4, 0.5) is 10.6 Å². The Balaban J connectivity index is 1.55. The first-order valence-electron chi connectivity index (χ1n) is 12.3. The van der Waals surface area contributed by atoms with Crippen molar-refractivity contribution < 1.29 is 23.9 Å². The van der Waals surface area contributed by atoms with Gasteiger partial charge in [0, 0.05) is 30.3 Å². The number of carbonyl (C=O) groups excluding carboxylic acids is 4. The molecule has 2 aromatic carbocycles. The summed E-state index contributed by atoms with van der Waals surface area (Å²) in [6.07, 6.45) is 2.06. The first-order chi connectivity index (χ1) is 19.2. The summed E-state index contributed by atoms with van der Waals surface area (Å²) in [5.74, 6) is -1.76. The maximum Gasteiger partial charge on any atom is 0.346 e. The number of anilines is 1. The SMILES string of the molecule is COC(=O)C(Cc1cnc(=O)[nH]c1NC(=O)c1c(Cl)cccc1Cl)NC(=O)N1CCCC1C(=O)c1ccccc1. The monoisotopic (exact) mass is 585 g/mol. The van der Waals surface area contributed by atoms with Gasteiger partial charge < -0.3 is 20.3 Å². The summed E-state index contributed by atoms with van der Waals surface area (Å²) in [4.78, 5) is 71.4. The lowest BCUT2D eigenvalue weighted by Gasteiger charge is -2.26. The highest BCUT2D eigenvalue weighted by molar-refractivity contribution is 6.40. The summed E-state index contributed by atoms with van der Waals surface area (Å²) >= 11 is 12.3. The van der Waals surface area contributed by atoms with Crippen LogP contribution in [0.1, 0.15) is 39.1 Å². The average molecular weight is 586 g/mol. The molecule has 0 aliphatic carbocycles. The fourth-order valence-corrected chi connectivity index (χ4v) is 5.01. The van der Waals surface area contributed by atoms with E-state index < -0.39 is 35.7 Å². The Hall–Kier alpha value is -4.22. The van der Waals surface area contributed by atoms with Crippen molar-refractivity contribution in [1.82, 2.24) is 20.2 Å². The molecular weight excluding hydrogens is 561 g/mol. The van der Waals surface area contributed by atoms with E-state index in [2.05, 4.69) is 20.6 Å². The molecule has 11 nitrogen and oxygen atoms in total. The molecule has 1 fully saturated rings. The van der Waals surface area contributed by atoms with E-state index in [1.807, 2.05) is 0 Å². The second kappa shape index (κ2) is 12.8. The Morgan fingerprint density at radius 2 is 1.80 bits per heavy atom. The number of carbonyl (C=O) groups is 4. The number of methoxy groups -OCH3 is 1. The molecule has 2 atom stereocenters. The summed E-state index contributed by atoms with van der Waals surface area (Å²) in [6, 6.07) is 10.6. The number of aromatic amines is 1. The zero-order valence-corrected chi connectivity index (χ0v) is 22.8. The summed E-state index contributed by atoms with van der Waals surface area (Å²) in [7, 11) is 1.16. The van der Waals surface area contributed by atoms with Crippen LogP contribution >= 0.6 is 23.2 Å². The predicted molar refractivity (Wildman–Crippen MR) is 148 cm³/mol. The fraction of sp³-hybridized carbons (Fsp3) is 0.259. The molecule has 1 aliphatic rings. The average Bonchev–Trinajstić information content (AvgIpc) is 3.44. The van der Waals surface area contributed by atoms with Gasteiger partial charge in [0.2, 0.25) is 0 Å². The van der Waals surface area contributed by atoms with Gasteiger partial charge in [0.05, 0.1) is 28.8 Å². The van der Waals surface area contributed by atoms with Gasteiger partial charge in [0.1, 0.15) is 11.9 Å². The molecular formula is C27H25Cl2N5O6. The molecule has 1 aromatic heterocycles. The number of esters is 1. The standard InChI is InChI=1S/C27H25Cl2N5O6/c1-40-25(37)19(31-27(39)34-12-6-11-20(34)22(35)15-7-3-2-4-8-15)13-16-14-30-26(38)33-23(16)32-24(36)21-17(28)9-5-10-18(21)29/h2-5,7-10,14,19-20H,6,11-13H2,1H3,(H,31,39)(H2,30,32,33,36,38). The molecule has 208 valence electrons. The normalized spacial score (nSPS) is 15.3. The summed E-state index contributed by atoms with van der Waals surface area (Å²) < 4.78 is 4.88. The molecule has 0 bridgehead atoms. The van der Waals surface area contributed by atoms with Gasteiger partial charge in [-0.25, -0.2) is 19.4 Å². The molecule has 3 amide bonds. The molecule has 13 heteroatoms. The Kier molecular flexibility index (Phi) is 9.18. The molecule has 1 aliphatic heterocycles. The predicted octanol–water partition coefficient (Wildman–Crippen LogP) is 3.47. The van der Waals surface area contributed by atoms with E-state index in [1.165, 1.54) is 23.2 Å². The molecule has 40 heavy (non-hydrogen) atoms. The Morgan fingerprint density at radius 3 is 2.48 bits per heavy atom. The van der Waals surface area contributed by atoms with Crippen molar-refractivity contribution in [2.45, 2.75) is 31.3 Å². The molecule has 0 spiro atoms. The van der Waals surface area contributed by atoms with Gasteiger partial charge in [-0.15, -0.1) is 0 Å². The Labute approximate surface area is 238 Å². The number of benzene rings is 2. The zero-order chi connectivity index (χ0) is 28.8. The number of likely N-dealkylation sites (tertiary alicyclic amines) is 1. The van der Waals surface area contributed by atoms with Crippen LogP contribution in [0.2, 0.25) is 10.0 Å². The minimum Gasteiger partial charge on any atom is -0.467 e. The first-order valence-corrected chi connectivity index (χ1v) is 13.0. The number of amides is 3. The van der Waals surface area contributed by atoms with Crippen molar-refractivity contribution in [2.24, 2.45) is 0 Å². The van der Waals surface area contributed by atoms with Gasteiger partial charge >= 0.3 is 17.7 Å². The number of nitrogens with one attached hydrogen (secondary N) is 3. The number of ketones is 1.